The maximum Gasteiger partial charge on any atom is 0.267 e. The van der Waals surface area contributed by atoms with Crippen molar-refractivity contribution in [2.24, 2.45) is 0 Å². The molecule has 0 fully saturated rings. The molecule has 0 atom stereocenters. The summed E-state index contributed by atoms with van der Waals surface area (Å²) in [5, 5.41) is 0. The second kappa shape index (κ2) is 5.88. The van der Waals surface area contributed by atoms with Crippen LogP contribution < -0.4 is 0 Å². The molecule has 0 radical (unpaired) electrons. The summed E-state index contributed by atoms with van der Waals surface area (Å²) in [6, 6.07) is 17.2. The highest BCUT2D eigenvalue weighted by Crippen LogP contribution is 2.12. The summed E-state index contributed by atoms with van der Waals surface area (Å²) in [5.41, 5.74) is 1.01. The number of sulfonamides is 1. The second-order valence-corrected chi connectivity index (χ2v) is 6.38. The molecule has 2 rings (SSSR count). The first-order valence-electron chi connectivity index (χ1n) is 6.10. The number of carbonyl (C=O) groups excluding carboxylic acids is 1. The maximum absolute atomic E-state index is 12.2. The Hall–Kier alpha value is -2.14. The van der Waals surface area contributed by atoms with Crippen LogP contribution in [-0.4, -0.2) is 25.7 Å². The monoisotopic (exact) mass is 289 g/mol. The third-order valence-electron chi connectivity index (χ3n) is 2.92. The summed E-state index contributed by atoms with van der Waals surface area (Å²) < 4.78 is 25.2. The Balaban J connectivity index is 2.19. The Bertz CT molecular complexity index is 682. The van der Waals surface area contributed by atoms with Gasteiger partial charge in [-0.1, -0.05) is 48.5 Å². The first-order valence-corrected chi connectivity index (χ1v) is 7.71. The standard InChI is InChI=1S/C15H15NO3S/c1-16(15(17)14-10-6-3-7-11-14)20(18,19)12-13-8-4-2-5-9-13/h2-11H,12H2,1H3. The van der Waals surface area contributed by atoms with E-state index < -0.39 is 15.9 Å². The lowest BCUT2D eigenvalue weighted by atomic mass is 10.2. The van der Waals surface area contributed by atoms with Crippen molar-refractivity contribution in [1.82, 2.24) is 4.31 Å². The number of nitrogens with zero attached hydrogens (tertiary/aromatic N) is 1. The average Bonchev–Trinajstić information content (AvgIpc) is 2.47. The molecule has 0 unspecified atom stereocenters. The van der Waals surface area contributed by atoms with Crippen LogP contribution in [0.3, 0.4) is 0 Å². The van der Waals surface area contributed by atoms with Crippen LogP contribution in [0.25, 0.3) is 0 Å². The van der Waals surface area contributed by atoms with Crippen molar-refractivity contribution in [3.8, 4) is 0 Å². The van der Waals surface area contributed by atoms with E-state index >= 15 is 0 Å². The summed E-state index contributed by atoms with van der Waals surface area (Å²) >= 11 is 0. The zero-order chi connectivity index (χ0) is 14.6. The first-order chi connectivity index (χ1) is 9.50. The Morgan fingerprint density at radius 3 is 2.00 bits per heavy atom. The Labute approximate surface area is 118 Å². The third-order valence-corrected chi connectivity index (χ3v) is 4.61. The minimum absolute atomic E-state index is 0.192. The van der Waals surface area contributed by atoms with Gasteiger partial charge in [0.15, 0.2) is 0 Å². The fourth-order valence-corrected chi connectivity index (χ4v) is 2.94. The highest BCUT2D eigenvalue weighted by Gasteiger charge is 2.24. The van der Waals surface area contributed by atoms with Gasteiger partial charge in [-0.2, -0.15) is 0 Å². The Morgan fingerprint density at radius 1 is 0.950 bits per heavy atom. The molecule has 1 amide bonds. The van der Waals surface area contributed by atoms with Gasteiger partial charge in [0.2, 0.25) is 10.0 Å². The molecule has 4 nitrogen and oxygen atoms in total. The van der Waals surface area contributed by atoms with Crippen molar-refractivity contribution in [3.05, 3.63) is 71.8 Å². The summed E-state index contributed by atoms with van der Waals surface area (Å²) in [5.74, 6) is -0.718. The van der Waals surface area contributed by atoms with E-state index in [2.05, 4.69) is 0 Å². The lowest BCUT2D eigenvalue weighted by molar-refractivity contribution is 0.0883. The van der Waals surface area contributed by atoms with Crippen LogP contribution >= 0.6 is 0 Å². The summed E-state index contributed by atoms with van der Waals surface area (Å²) in [4.78, 5) is 12.1. The number of carbonyl (C=O) groups is 1. The third kappa shape index (κ3) is 3.24. The van der Waals surface area contributed by atoms with Gasteiger partial charge in [-0.25, -0.2) is 12.7 Å². The normalized spacial score (nSPS) is 11.1. The molecule has 0 aliphatic heterocycles. The Morgan fingerprint density at radius 2 is 1.45 bits per heavy atom. The highest BCUT2D eigenvalue weighted by atomic mass is 32.2. The van der Waals surface area contributed by atoms with Gasteiger partial charge in [0, 0.05) is 12.6 Å². The van der Waals surface area contributed by atoms with Crippen molar-refractivity contribution in [3.63, 3.8) is 0 Å². The van der Waals surface area contributed by atoms with E-state index in [-0.39, 0.29) is 5.75 Å². The number of benzene rings is 2. The van der Waals surface area contributed by atoms with E-state index in [0.29, 0.717) is 11.1 Å². The van der Waals surface area contributed by atoms with E-state index in [1.165, 1.54) is 7.05 Å². The largest absolute Gasteiger partial charge is 0.268 e. The van der Waals surface area contributed by atoms with Gasteiger partial charge < -0.3 is 0 Å². The van der Waals surface area contributed by atoms with Gasteiger partial charge in [-0.05, 0) is 17.7 Å². The number of hydrogen-bond acceptors (Lipinski definition) is 3. The van der Waals surface area contributed by atoms with Crippen LogP contribution in [-0.2, 0) is 15.8 Å². The van der Waals surface area contributed by atoms with Crippen LogP contribution in [0.1, 0.15) is 15.9 Å². The molecule has 20 heavy (non-hydrogen) atoms. The van der Waals surface area contributed by atoms with Crippen molar-refractivity contribution >= 4 is 15.9 Å². The van der Waals surface area contributed by atoms with Gasteiger partial charge >= 0.3 is 0 Å². The van der Waals surface area contributed by atoms with Crippen LogP contribution in [0, 0.1) is 0 Å². The lowest BCUT2D eigenvalue weighted by Gasteiger charge is -2.17. The zero-order valence-electron chi connectivity index (χ0n) is 11.1. The van der Waals surface area contributed by atoms with Gasteiger partial charge in [-0.3, -0.25) is 4.79 Å². The average molecular weight is 289 g/mol. The van der Waals surface area contributed by atoms with E-state index in [1.54, 1.807) is 54.6 Å². The lowest BCUT2D eigenvalue weighted by Crippen LogP contribution is -2.34. The van der Waals surface area contributed by atoms with Gasteiger partial charge in [0.05, 0.1) is 5.75 Å². The topological polar surface area (TPSA) is 54.5 Å². The van der Waals surface area contributed by atoms with E-state index in [1.807, 2.05) is 6.07 Å². The predicted octanol–water partition coefficient (Wildman–Crippen LogP) is 2.29. The van der Waals surface area contributed by atoms with Crippen molar-refractivity contribution < 1.29 is 13.2 Å². The number of rotatable bonds is 4. The van der Waals surface area contributed by atoms with Crippen molar-refractivity contribution in [2.45, 2.75) is 5.75 Å². The van der Waals surface area contributed by atoms with Gasteiger partial charge in [0.1, 0.15) is 0 Å². The minimum Gasteiger partial charge on any atom is -0.268 e. The molecule has 0 bridgehead atoms. The van der Waals surface area contributed by atoms with E-state index in [4.69, 9.17) is 0 Å². The fraction of sp³-hybridized carbons (Fsp3) is 0.133. The SMILES string of the molecule is CN(C(=O)c1ccccc1)S(=O)(=O)Cc1ccccc1. The summed E-state index contributed by atoms with van der Waals surface area (Å²) in [7, 11) is -2.39. The molecule has 0 N–H and O–H groups in total. The quantitative estimate of drug-likeness (QED) is 0.867. The van der Waals surface area contributed by atoms with Crippen molar-refractivity contribution in [2.75, 3.05) is 7.05 Å². The number of hydrogen-bond donors (Lipinski definition) is 0. The minimum atomic E-state index is -3.68. The summed E-state index contributed by atoms with van der Waals surface area (Å²) in [6.07, 6.45) is 0. The number of amides is 1. The maximum atomic E-state index is 12.2. The van der Waals surface area contributed by atoms with Gasteiger partial charge in [0.25, 0.3) is 5.91 Å². The molecule has 0 heterocycles. The molecule has 0 aromatic heterocycles. The molecular weight excluding hydrogens is 274 g/mol. The molecule has 2 aromatic rings. The zero-order valence-corrected chi connectivity index (χ0v) is 11.9. The Kier molecular flexibility index (Phi) is 4.20. The molecule has 2 aromatic carbocycles. The van der Waals surface area contributed by atoms with Crippen LogP contribution in [0.2, 0.25) is 0 Å². The summed E-state index contributed by atoms with van der Waals surface area (Å²) in [6.45, 7) is 0. The fourth-order valence-electron chi connectivity index (χ4n) is 1.77. The van der Waals surface area contributed by atoms with Crippen LogP contribution in [0.5, 0.6) is 0 Å². The van der Waals surface area contributed by atoms with E-state index in [0.717, 1.165) is 4.31 Å². The molecule has 0 aliphatic rings. The first kappa shape index (κ1) is 14.3. The van der Waals surface area contributed by atoms with Gasteiger partial charge in [-0.15, -0.1) is 0 Å². The molecule has 0 saturated heterocycles. The van der Waals surface area contributed by atoms with E-state index in [9.17, 15) is 13.2 Å². The highest BCUT2D eigenvalue weighted by molar-refractivity contribution is 7.88. The molecule has 5 heteroatoms. The second-order valence-electron chi connectivity index (χ2n) is 4.38. The van der Waals surface area contributed by atoms with Crippen molar-refractivity contribution in [1.29, 1.82) is 0 Å². The molecule has 0 saturated carbocycles. The van der Waals surface area contributed by atoms with Crippen LogP contribution in [0.4, 0.5) is 0 Å². The molecular formula is C15H15NO3S. The molecule has 0 aliphatic carbocycles. The molecule has 104 valence electrons. The predicted molar refractivity (Wildman–Crippen MR) is 77.6 cm³/mol. The molecule has 0 spiro atoms. The smallest absolute Gasteiger partial charge is 0.267 e. The van der Waals surface area contributed by atoms with Crippen LogP contribution in [0.15, 0.2) is 60.7 Å².